The fraction of sp³-hybridized carbons (Fsp3) is 0. The molecule has 8 aromatic rings. The van der Waals surface area contributed by atoms with Crippen molar-refractivity contribution in [3.63, 3.8) is 0 Å². The predicted octanol–water partition coefficient (Wildman–Crippen LogP) is 10.1. The summed E-state index contributed by atoms with van der Waals surface area (Å²) >= 11 is 0. The Morgan fingerprint density at radius 2 is 0.975 bits per heavy atom. The molecule has 6 aromatic carbocycles. The van der Waals surface area contributed by atoms with E-state index in [0.717, 1.165) is 33.5 Å². The normalized spacial score (nSPS) is 11.5. The Morgan fingerprint density at radius 3 is 1.68 bits per heavy atom. The summed E-state index contributed by atoms with van der Waals surface area (Å²) in [5.41, 5.74) is 9.66. The molecule has 2 heterocycles. The Bertz CT molecular complexity index is 2240. The van der Waals surface area contributed by atoms with Gasteiger partial charge in [0.2, 0.25) is 0 Å². The summed E-state index contributed by atoms with van der Waals surface area (Å²) in [7, 11) is 0. The number of hydrogen-bond donors (Lipinski definition) is 0. The maximum Gasteiger partial charge on any atom is 0.187 e. The van der Waals surface area contributed by atoms with E-state index in [4.69, 9.17) is 6.57 Å². The Morgan fingerprint density at radius 1 is 0.450 bits per heavy atom. The van der Waals surface area contributed by atoms with Gasteiger partial charge in [0.05, 0.1) is 40.0 Å². The third-order valence-corrected chi connectivity index (χ3v) is 7.93. The maximum absolute atomic E-state index is 7.57. The largest absolute Gasteiger partial charge is 0.307 e. The van der Waals surface area contributed by atoms with Crippen molar-refractivity contribution in [1.29, 1.82) is 0 Å². The molecule has 0 aliphatic rings. The third kappa shape index (κ3) is 3.17. The highest BCUT2D eigenvalue weighted by molar-refractivity contribution is 6.15. The van der Waals surface area contributed by atoms with E-state index in [0.29, 0.717) is 5.69 Å². The van der Waals surface area contributed by atoms with Crippen molar-refractivity contribution < 1.29 is 0 Å². The van der Waals surface area contributed by atoms with Crippen LogP contribution in [0.15, 0.2) is 140 Å². The minimum Gasteiger partial charge on any atom is -0.307 e. The number of nitrogens with zero attached hydrogens (tertiary/aromatic N) is 3. The predicted molar refractivity (Wildman–Crippen MR) is 167 cm³/mol. The standard InChI is InChI=1S/C37H23N3/c1-38-26-13-10-12-25(24-26)27-14-2-6-19-32(27)40-35-22-9-5-17-30(35)31-18-11-23-36(37(31)40)39-33-20-7-3-15-28(33)29-16-4-8-21-34(29)39/h2-24H. The molecule has 0 atom stereocenters. The zero-order chi connectivity index (χ0) is 26.6. The van der Waals surface area contributed by atoms with Gasteiger partial charge in [-0.2, -0.15) is 0 Å². The number of rotatable bonds is 3. The molecule has 3 nitrogen and oxygen atoms in total. The van der Waals surface area contributed by atoms with Gasteiger partial charge in [-0.1, -0.05) is 103 Å². The quantitative estimate of drug-likeness (QED) is 0.210. The van der Waals surface area contributed by atoms with Crippen molar-refractivity contribution in [2.45, 2.75) is 0 Å². The minimum absolute atomic E-state index is 0.639. The molecule has 0 fully saturated rings. The van der Waals surface area contributed by atoms with Gasteiger partial charge in [0.25, 0.3) is 0 Å². The fourth-order valence-corrected chi connectivity index (χ4v) is 6.27. The van der Waals surface area contributed by atoms with Gasteiger partial charge in [0, 0.05) is 27.1 Å². The number of benzene rings is 6. The van der Waals surface area contributed by atoms with Crippen LogP contribution >= 0.6 is 0 Å². The highest BCUT2D eigenvalue weighted by Crippen LogP contribution is 2.41. The summed E-state index contributed by atoms with van der Waals surface area (Å²) in [6.45, 7) is 7.57. The van der Waals surface area contributed by atoms with Crippen LogP contribution in [0, 0.1) is 6.57 Å². The molecule has 2 aromatic heterocycles. The van der Waals surface area contributed by atoms with Crippen LogP contribution in [0.3, 0.4) is 0 Å². The lowest BCUT2D eigenvalue weighted by atomic mass is 10.0. The van der Waals surface area contributed by atoms with E-state index in [1.807, 2.05) is 18.2 Å². The molecule has 3 heteroatoms. The molecule has 0 amide bonds. The SMILES string of the molecule is [C-]#[N+]c1cccc(-c2ccccc2-n2c3ccccc3c3cccc(-n4c5ccccc5c5ccccc54)c32)c1. The molecule has 8 rings (SSSR count). The first-order valence-electron chi connectivity index (χ1n) is 13.4. The number of aromatic nitrogens is 2. The maximum atomic E-state index is 7.57. The number of para-hydroxylation sites is 5. The molecule has 40 heavy (non-hydrogen) atoms. The van der Waals surface area contributed by atoms with Gasteiger partial charge in [0.1, 0.15) is 0 Å². The summed E-state index contributed by atoms with van der Waals surface area (Å²) < 4.78 is 4.81. The third-order valence-electron chi connectivity index (χ3n) is 7.93. The van der Waals surface area contributed by atoms with Crippen molar-refractivity contribution in [2.75, 3.05) is 0 Å². The second-order valence-electron chi connectivity index (χ2n) is 10.1. The summed E-state index contributed by atoms with van der Waals surface area (Å²) in [5, 5.41) is 4.91. The first kappa shape index (κ1) is 22.4. The molecule has 0 radical (unpaired) electrons. The molecule has 0 bridgehead atoms. The lowest BCUT2D eigenvalue weighted by Gasteiger charge is -2.17. The van der Waals surface area contributed by atoms with Gasteiger partial charge < -0.3 is 9.13 Å². The average molecular weight is 510 g/mol. The topological polar surface area (TPSA) is 14.2 Å². The average Bonchev–Trinajstić information content (AvgIpc) is 3.54. The Hall–Kier alpha value is -5.59. The van der Waals surface area contributed by atoms with Crippen molar-refractivity contribution in [3.8, 4) is 22.5 Å². The molecule has 0 aliphatic carbocycles. The van der Waals surface area contributed by atoms with Crippen LogP contribution in [0.25, 0.3) is 71.0 Å². The van der Waals surface area contributed by atoms with Gasteiger partial charge >= 0.3 is 0 Å². The van der Waals surface area contributed by atoms with Crippen LogP contribution in [-0.4, -0.2) is 9.13 Å². The second-order valence-corrected chi connectivity index (χ2v) is 10.1. The van der Waals surface area contributed by atoms with Crippen LogP contribution < -0.4 is 0 Å². The van der Waals surface area contributed by atoms with Crippen LogP contribution in [0.4, 0.5) is 5.69 Å². The van der Waals surface area contributed by atoms with E-state index in [2.05, 4.69) is 135 Å². The van der Waals surface area contributed by atoms with Crippen molar-refractivity contribution in [1.82, 2.24) is 9.13 Å². The molecule has 0 spiro atoms. The van der Waals surface area contributed by atoms with E-state index in [9.17, 15) is 0 Å². The van der Waals surface area contributed by atoms with Crippen LogP contribution in [0.5, 0.6) is 0 Å². The van der Waals surface area contributed by atoms with Gasteiger partial charge in [-0.15, -0.1) is 0 Å². The smallest absolute Gasteiger partial charge is 0.187 e. The molecule has 186 valence electrons. The summed E-state index contributed by atoms with van der Waals surface area (Å²) in [6.07, 6.45) is 0. The zero-order valence-corrected chi connectivity index (χ0v) is 21.6. The van der Waals surface area contributed by atoms with Crippen molar-refractivity contribution in [2.24, 2.45) is 0 Å². The highest BCUT2D eigenvalue weighted by atomic mass is 15.1. The van der Waals surface area contributed by atoms with E-state index in [1.165, 1.54) is 32.6 Å². The van der Waals surface area contributed by atoms with E-state index in [-0.39, 0.29) is 0 Å². The van der Waals surface area contributed by atoms with Gasteiger partial charge in [-0.25, -0.2) is 4.85 Å². The lowest BCUT2D eigenvalue weighted by molar-refractivity contribution is 1.13. The summed E-state index contributed by atoms with van der Waals surface area (Å²) in [4.78, 5) is 3.69. The Kier molecular flexibility index (Phi) is 4.89. The lowest BCUT2D eigenvalue weighted by Crippen LogP contribution is -2.02. The zero-order valence-electron chi connectivity index (χ0n) is 21.6. The molecular formula is C37H23N3. The summed E-state index contributed by atoms with van der Waals surface area (Å²) in [5.74, 6) is 0. The first-order valence-corrected chi connectivity index (χ1v) is 13.4. The molecule has 0 aliphatic heterocycles. The second kappa shape index (κ2) is 8.73. The van der Waals surface area contributed by atoms with Crippen molar-refractivity contribution in [3.05, 3.63) is 151 Å². The van der Waals surface area contributed by atoms with Gasteiger partial charge in [0.15, 0.2) is 5.69 Å². The summed E-state index contributed by atoms with van der Waals surface area (Å²) in [6, 6.07) is 49.0. The van der Waals surface area contributed by atoms with E-state index in [1.54, 1.807) is 0 Å². The Balaban J connectivity index is 1.55. The monoisotopic (exact) mass is 509 g/mol. The van der Waals surface area contributed by atoms with E-state index < -0.39 is 0 Å². The fourth-order valence-electron chi connectivity index (χ4n) is 6.27. The Labute approximate surface area is 231 Å². The van der Waals surface area contributed by atoms with Crippen LogP contribution in [0.1, 0.15) is 0 Å². The van der Waals surface area contributed by atoms with Crippen LogP contribution in [-0.2, 0) is 0 Å². The van der Waals surface area contributed by atoms with Crippen LogP contribution in [0.2, 0.25) is 0 Å². The molecular weight excluding hydrogens is 486 g/mol. The number of hydrogen-bond acceptors (Lipinski definition) is 0. The highest BCUT2D eigenvalue weighted by Gasteiger charge is 2.21. The molecule has 0 saturated carbocycles. The first-order chi connectivity index (χ1) is 19.8. The minimum atomic E-state index is 0.639. The molecule has 0 N–H and O–H groups in total. The van der Waals surface area contributed by atoms with Crippen molar-refractivity contribution >= 4 is 49.3 Å². The molecule has 0 saturated heterocycles. The van der Waals surface area contributed by atoms with Gasteiger partial charge in [-0.05, 0) is 42.0 Å². The molecule has 0 unspecified atom stereocenters. The van der Waals surface area contributed by atoms with Gasteiger partial charge in [-0.3, -0.25) is 0 Å². The van der Waals surface area contributed by atoms with E-state index >= 15 is 0 Å². The number of fused-ring (bicyclic) bond motifs is 6.